The topological polar surface area (TPSA) is 42.0 Å². The normalized spacial score (nSPS) is 31.9. The Balaban J connectivity index is 1.62. The van der Waals surface area contributed by atoms with E-state index >= 15 is 0 Å². The highest BCUT2D eigenvalue weighted by molar-refractivity contribution is 5.75. The lowest BCUT2D eigenvalue weighted by Gasteiger charge is -2.44. The second-order valence-corrected chi connectivity index (χ2v) is 6.73. The molecule has 2 aliphatic heterocycles. The molecule has 1 saturated carbocycles. The summed E-state index contributed by atoms with van der Waals surface area (Å²) in [4.78, 5) is 16.7. The Morgan fingerprint density at radius 3 is 2.86 bits per heavy atom. The summed E-state index contributed by atoms with van der Waals surface area (Å²) in [5.41, 5.74) is -0.186. The summed E-state index contributed by atoms with van der Waals surface area (Å²) in [6.45, 7) is 8.91. The van der Waals surface area contributed by atoms with Gasteiger partial charge in [0.05, 0.1) is 32.0 Å². The van der Waals surface area contributed by atoms with Crippen LogP contribution in [0.4, 0.5) is 4.79 Å². The molecular weight excluding hydrogens is 280 g/mol. The van der Waals surface area contributed by atoms with Crippen LogP contribution in [-0.2, 0) is 9.47 Å². The first-order valence-corrected chi connectivity index (χ1v) is 8.62. The van der Waals surface area contributed by atoms with Gasteiger partial charge in [-0.05, 0) is 25.7 Å². The second-order valence-electron chi connectivity index (χ2n) is 6.73. The molecule has 3 aliphatic rings. The molecule has 0 aromatic rings. The number of ether oxygens (including phenoxy) is 2. The molecule has 0 aromatic carbocycles. The Morgan fingerprint density at radius 2 is 2.09 bits per heavy atom. The molecule has 2 atom stereocenters. The van der Waals surface area contributed by atoms with Crippen molar-refractivity contribution in [2.45, 2.75) is 37.7 Å². The number of hydrogen-bond acceptors (Lipinski definition) is 3. The maximum absolute atomic E-state index is 12.7. The van der Waals surface area contributed by atoms with E-state index in [1.54, 1.807) is 6.08 Å². The molecule has 22 heavy (non-hydrogen) atoms. The number of urea groups is 1. The first-order chi connectivity index (χ1) is 10.7. The van der Waals surface area contributed by atoms with E-state index in [-0.39, 0.29) is 11.6 Å². The number of morpholine rings is 1. The molecule has 2 heterocycles. The Kier molecular flexibility index (Phi) is 5.03. The van der Waals surface area contributed by atoms with Crippen molar-refractivity contribution in [2.24, 2.45) is 5.92 Å². The van der Waals surface area contributed by atoms with Gasteiger partial charge in [-0.3, -0.25) is 0 Å². The van der Waals surface area contributed by atoms with Gasteiger partial charge in [0.25, 0.3) is 0 Å². The molecule has 0 aromatic heterocycles. The predicted molar refractivity (Wildman–Crippen MR) is 84.8 cm³/mol. The average Bonchev–Trinajstić information content (AvgIpc) is 3.18. The van der Waals surface area contributed by atoms with Crippen molar-refractivity contribution < 1.29 is 14.3 Å². The van der Waals surface area contributed by atoms with Crippen molar-refractivity contribution in [2.75, 3.05) is 46.0 Å². The standard InChI is InChI=1S/C17H28N2O3/c1-2-11-21-13-15-6-5-7-17(15)14-19(10-12-22-17)16(20)18-8-3-4-9-18/h2,15H,1,3-14H2/t15-,17+/m0/s1. The number of carbonyl (C=O) groups is 1. The van der Waals surface area contributed by atoms with E-state index in [0.717, 1.165) is 58.3 Å². The zero-order valence-corrected chi connectivity index (χ0v) is 13.5. The smallest absolute Gasteiger partial charge is 0.320 e. The van der Waals surface area contributed by atoms with E-state index in [1.807, 2.05) is 9.80 Å². The van der Waals surface area contributed by atoms with Crippen molar-refractivity contribution in [1.29, 1.82) is 0 Å². The maximum atomic E-state index is 12.7. The molecule has 3 rings (SSSR count). The Morgan fingerprint density at radius 1 is 1.27 bits per heavy atom. The van der Waals surface area contributed by atoms with Crippen molar-refractivity contribution in [3.63, 3.8) is 0 Å². The number of amides is 2. The molecule has 0 bridgehead atoms. The van der Waals surface area contributed by atoms with Gasteiger partial charge >= 0.3 is 6.03 Å². The Labute approximate surface area is 133 Å². The highest BCUT2D eigenvalue weighted by Crippen LogP contribution is 2.41. The zero-order valence-electron chi connectivity index (χ0n) is 13.5. The average molecular weight is 308 g/mol. The molecule has 0 N–H and O–H groups in total. The molecule has 1 aliphatic carbocycles. The summed E-state index contributed by atoms with van der Waals surface area (Å²) < 4.78 is 11.9. The molecule has 5 nitrogen and oxygen atoms in total. The Bertz CT molecular complexity index is 409. The molecule has 3 fully saturated rings. The summed E-state index contributed by atoms with van der Waals surface area (Å²) in [7, 11) is 0. The maximum Gasteiger partial charge on any atom is 0.320 e. The first kappa shape index (κ1) is 15.8. The van der Waals surface area contributed by atoms with Gasteiger partial charge in [-0.25, -0.2) is 4.79 Å². The minimum atomic E-state index is -0.186. The van der Waals surface area contributed by atoms with Crippen LogP contribution in [0.2, 0.25) is 0 Å². The van der Waals surface area contributed by atoms with Crippen LogP contribution in [0.15, 0.2) is 12.7 Å². The van der Waals surface area contributed by atoms with Crippen LogP contribution in [0.1, 0.15) is 32.1 Å². The first-order valence-electron chi connectivity index (χ1n) is 8.62. The fourth-order valence-electron chi connectivity index (χ4n) is 4.12. The number of carbonyl (C=O) groups excluding carboxylic acids is 1. The summed E-state index contributed by atoms with van der Waals surface area (Å²) in [6.07, 6.45) is 7.39. The summed E-state index contributed by atoms with van der Waals surface area (Å²) in [5.74, 6) is 0.390. The highest BCUT2D eigenvalue weighted by atomic mass is 16.5. The van der Waals surface area contributed by atoms with E-state index in [1.165, 1.54) is 0 Å². The van der Waals surface area contributed by atoms with Gasteiger partial charge in [0.1, 0.15) is 0 Å². The highest BCUT2D eigenvalue weighted by Gasteiger charge is 2.48. The van der Waals surface area contributed by atoms with Crippen LogP contribution in [-0.4, -0.2) is 67.4 Å². The van der Waals surface area contributed by atoms with E-state index in [2.05, 4.69) is 6.58 Å². The Hall–Kier alpha value is -1.07. The van der Waals surface area contributed by atoms with E-state index < -0.39 is 0 Å². The van der Waals surface area contributed by atoms with Gasteiger partial charge in [0.15, 0.2) is 0 Å². The number of rotatable bonds is 4. The van der Waals surface area contributed by atoms with Crippen molar-refractivity contribution in [3.8, 4) is 0 Å². The van der Waals surface area contributed by atoms with Gasteiger partial charge < -0.3 is 19.3 Å². The van der Waals surface area contributed by atoms with Crippen molar-refractivity contribution >= 4 is 6.03 Å². The minimum Gasteiger partial charge on any atom is -0.377 e. The van der Waals surface area contributed by atoms with Crippen LogP contribution in [0.25, 0.3) is 0 Å². The third-order valence-electron chi connectivity index (χ3n) is 5.31. The molecule has 2 saturated heterocycles. The van der Waals surface area contributed by atoms with Gasteiger partial charge in [-0.2, -0.15) is 0 Å². The van der Waals surface area contributed by atoms with Gasteiger partial charge in [0, 0.05) is 25.6 Å². The molecule has 0 unspecified atom stereocenters. The fourth-order valence-corrected chi connectivity index (χ4v) is 4.12. The summed E-state index contributed by atoms with van der Waals surface area (Å²) in [6, 6.07) is 0.206. The lowest BCUT2D eigenvalue weighted by atomic mass is 9.89. The third-order valence-corrected chi connectivity index (χ3v) is 5.31. The van der Waals surface area contributed by atoms with Crippen LogP contribution < -0.4 is 0 Å². The monoisotopic (exact) mass is 308 g/mol. The molecule has 5 heteroatoms. The van der Waals surface area contributed by atoms with Crippen LogP contribution in [0, 0.1) is 5.92 Å². The zero-order chi connectivity index (χ0) is 15.4. The summed E-state index contributed by atoms with van der Waals surface area (Å²) >= 11 is 0. The van der Waals surface area contributed by atoms with Crippen LogP contribution >= 0.6 is 0 Å². The van der Waals surface area contributed by atoms with Crippen LogP contribution in [0.3, 0.4) is 0 Å². The lowest BCUT2D eigenvalue weighted by molar-refractivity contribution is -0.132. The van der Waals surface area contributed by atoms with E-state index in [0.29, 0.717) is 25.7 Å². The molecule has 1 spiro atoms. The third kappa shape index (κ3) is 3.15. The number of hydrogen-bond donors (Lipinski definition) is 0. The largest absolute Gasteiger partial charge is 0.377 e. The molecular formula is C17H28N2O3. The quantitative estimate of drug-likeness (QED) is 0.591. The van der Waals surface area contributed by atoms with E-state index in [9.17, 15) is 4.79 Å². The van der Waals surface area contributed by atoms with Crippen molar-refractivity contribution in [1.82, 2.24) is 9.80 Å². The van der Waals surface area contributed by atoms with Gasteiger partial charge in [-0.15, -0.1) is 6.58 Å². The van der Waals surface area contributed by atoms with Crippen LogP contribution in [0.5, 0.6) is 0 Å². The molecule has 124 valence electrons. The van der Waals surface area contributed by atoms with E-state index in [4.69, 9.17) is 9.47 Å². The fraction of sp³-hybridized carbons (Fsp3) is 0.824. The number of likely N-dealkylation sites (tertiary alicyclic amines) is 1. The minimum absolute atomic E-state index is 0.186. The SMILES string of the molecule is C=CCOC[C@@H]1CCC[C@@]12CN(C(=O)N1CCCC1)CCO2. The number of nitrogens with zero attached hydrogens (tertiary/aromatic N) is 2. The second kappa shape index (κ2) is 7.01. The lowest BCUT2D eigenvalue weighted by Crippen LogP contribution is -2.58. The van der Waals surface area contributed by atoms with Gasteiger partial charge in [-0.1, -0.05) is 12.5 Å². The van der Waals surface area contributed by atoms with Crippen molar-refractivity contribution in [3.05, 3.63) is 12.7 Å². The van der Waals surface area contributed by atoms with Gasteiger partial charge in [0.2, 0.25) is 0 Å². The molecule has 2 amide bonds. The predicted octanol–water partition coefficient (Wildman–Crippen LogP) is 2.28. The summed E-state index contributed by atoms with van der Waals surface area (Å²) in [5, 5.41) is 0. The molecule has 0 radical (unpaired) electrons.